The number of likely N-dealkylation sites (N-methyl/N-ethyl adjacent to an activating group) is 1. The lowest BCUT2D eigenvalue weighted by Crippen LogP contribution is -2.63. The first kappa shape index (κ1) is 17.2. The Bertz CT molecular complexity index is 684. The molecule has 2 atom stereocenters. The van der Waals surface area contributed by atoms with Gasteiger partial charge in [-0.2, -0.15) is 0 Å². The SMILES string of the molecule is CN1CCC[C@]2(C(=O)O)CCN(C(=O)c3cc(F)ccc3Cl)C[C@@H]12. The Morgan fingerprint density at radius 2 is 2.08 bits per heavy atom. The molecule has 0 radical (unpaired) electrons. The number of carboxylic acids is 1. The van der Waals surface area contributed by atoms with Crippen molar-refractivity contribution < 1.29 is 19.1 Å². The number of carbonyl (C=O) groups excluding carboxylic acids is 1. The van der Waals surface area contributed by atoms with Crippen molar-refractivity contribution in [2.45, 2.75) is 25.3 Å². The number of fused-ring (bicyclic) bond motifs is 1. The summed E-state index contributed by atoms with van der Waals surface area (Å²) in [4.78, 5) is 28.2. The second kappa shape index (κ2) is 6.33. The van der Waals surface area contributed by atoms with Crippen molar-refractivity contribution in [3.05, 3.63) is 34.6 Å². The lowest BCUT2D eigenvalue weighted by molar-refractivity contribution is -0.161. The molecule has 3 rings (SSSR count). The number of carbonyl (C=O) groups is 2. The van der Waals surface area contributed by atoms with Crippen molar-refractivity contribution in [1.29, 1.82) is 0 Å². The van der Waals surface area contributed by atoms with Gasteiger partial charge in [-0.05, 0) is 51.1 Å². The molecule has 5 nitrogen and oxygen atoms in total. The first-order valence-corrected chi connectivity index (χ1v) is 8.41. The Hall–Kier alpha value is -1.66. The van der Waals surface area contributed by atoms with E-state index in [1.165, 1.54) is 12.1 Å². The third-order valence-electron chi connectivity index (χ3n) is 5.40. The van der Waals surface area contributed by atoms with E-state index in [9.17, 15) is 19.1 Å². The Morgan fingerprint density at radius 3 is 2.79 bits per heavy atom. The number of aliphatic carboxylic acids is 1. The number of likely N-dealkylation sites (tertiary alicyclic amines) is 2. The van der Waals surface area contributed by atoms with Gasteiger partial charge in [0.2, 0.25) is 0 Å². The number of amides is 1. The van der Waals surface area contributed by atoms with Gasteiger partial charge in [0.1, 0.15) is 5.82 Å². The molecule has 2 aliphatic heterocycles. The van der Waals surface area contributed by atoms with Crippen LogP contribution >= 0.6 is 11.6 Å². The predicted molar refractivity (Wildman–Crippen MR) is 87.7 cm³/mol. The first-order valence-electron chi connectivity index (χ1n) is 8.03. The largest absolute Gasteiger partial charge is 0.481 e. The molecule has 2 aliphatic rings. The zero-order chi connectivity index (χ0) is 17.5. The lowest BCUT2D eigenvalue weighted by Gasteiger charge is -2.51. The van der Waals surface area contributed by atoms with Crippen LogP contribution in [0.15, 0.2) is 18.2 Å². The zero-order valence-electron chi connectivity index (χ0n) is 13.5. The fourth-order valence-electron chi connectivity index (χ4n) is 4.00. The van der Waals surface area contributed by atoms with Crippen LogP contribution < -0.4 is 0 Å². The standard InChI is InChI=1S/C17H20ClFN2O3/c1-20-7-2-5-17(16(23)24)6-8-21(10-14(17)20)15(22)12-9-11(19)3-4-13(12)18/h3-4,9,14H,2,5-8,10H2,1H3,(H,23,24)/t14-,17+/m1/s1. The van der Waals surface area contributed by atoms with Crippen molar-refractivity contribution in [3.8, 4) is 0 Å². The lowest BCUT2D eigenvalue weighted by atomic mass is 9.68. The van der Waals surface area contributed by atoms with Crippen molar-refractivity contribution >= 4 is 23.5 Å². The highest BCUT2D eigenvalue weighted by atomic mass is 35.5. The van der Waals surface area contributed by atoms with Crippen molar-refractivity contribution in [2.24, 2.45) is 5.41 Å². The molecular formula is C17H20ClFN2O3. The number of benzene rings is 1. The smallest absolute Gasteiger partial charge is 0.311 e. The second-order valence-corrected chi connectivity index (χ2v) is 7.09. The highest BCUT2D eigenvalue weighted by Gasteiger charge is 2.52. The highest BCUT2D eigenvalue weighted by molar-refractivity contribution is 6.33. The number of piperidine rings is 2. The molecule has 0 bridgehead atoms. The minimum atomic E-state index is -0.810. The molecule has 24 heavy (non-hydrogen) atoms. The van der Waals surface area contributed by atoms with Gasteiger partial charge in [0.25, 0.3) is 5.91 Å². The minimum Gasteiger partial charge on any atom is -0.481 e. The van der Waals surface area contributed by atoms with Crippen LogP contribution in [0.25, 0.3) is 0 Å². The summed E-state index contributed by atoms with van der Waals surface area (Å²) < 4.78 is 13.5. The number of carboxylic acid groups (broad SMARTS) is 1. The number of hydrogen-bond acceptors (Lipinski definition) is 3. The first-order chi connectivity index (χ1) is 11.3. The summed E-state index contributed by atoms with van der Waals surface area (Å²) in [5.41, 5.74) is -0.687. The molecule has 1 N–H and O–H groups in total. The summed E-state index contributed by atoms with van der Waals surface area (Å²) in [7, 11) is 1.89. The summed E-state index contributed by atoms with van der Waals surface area (Å²) in [6.45, 7) is 1.46. The molecule has 0 unspecified atom stereocenters. The zero-order valence-corrected chi connectivity index (χ0v) is 14.2. The molecule has 0 aliphatic carbocycles. The molecule has 2 heterocycles. The van der Waals surface area contributed by atoms with E-state index in [4.69, 9.17) is 11.6 Å². The van der Waals surface area contributed by atoms with E-state index >= 15 is 0 Å². The maximum absolute atomic E-state index is 13.5. The average molecular weight is 355 g/mol. The van der Waals surface area contributed by atoms with Gasteiger partial charge < -0.3 is 14.9 Å². The van der Waals surface area contributed by atoms with Gasteiger partial charge in [-0.25, -0.2) is 4.39 Å². The Labute approximate surface area is 145 Å². The van der Waals surface area contributed by atoms with Gasteiger partial charge in [0, 0.05) is 19.1 Å². The highest BCUT2D eigenvalue weighted by Crippen LogP contribution is 2.42. The minimum absolute atomic E-state index is 0.123. The number of halogens is 2. The molecule has 1 aromatic rings. The molecule has 1 aromatic carbocycles. The van der Waals surface area contributed by atoms with Gasteiger partial charge in [-0.1, -0.05) is 11.6 Å². The third-order valence-corrected chi connectivity index (χ3v) is 5.73. The van der Waals surface area contributed by atoms with Crippen LogP contribution in [-0.4, -0.2) is 59.5 Å². The van der Waals surface area contributed by atoms with Crippen LogP contribution in [-0.2, 0) is 4.79 Å². The predicted octanol–water partition coefficient (Wildman–Crippen LogP) is 2.49. The summed E-state index contributed by atoms with van der Waals surface area (Å²) in [5.74, 6) is -1.66. The van der Waals surface area contributed by atoms with Gasteiger partial charge >= 0.3 is 5.97 Å². The van der Waals surface area contributed by atoms with E-state index in [1.54, 1.807) is 4.90 Å². The van der Waals surface area contributed by atoms with E-state index < -0.39 is 17.2 Å². The Kier molecular flexibility index (Phi) is 4.53. The van der Waals surface area contributed by atoms with Crippen LogP contribution in [0.4, 0.5) is 4.39 Å². The fraction of sp³-hybridized carbons (Fsp3) is 0.529. The number of hydrogen-bond donors (Lipinski definition) is 1. The second-order valence-electron chi connectivity index (χ2n) is 6.69. The molecule has 130 valence electrons. The molecule has 2 fully saturated rings. The van der Waals surface area contributed by atoms with Gasteiger partial charge in [-0.3, -0.25) is 9.59 Å². The van der Waals surface area contributed by atoms with Gasteiger partial charge in [-0.15, -0.1) is 0 Å². The molecular weight excluding hydrogens is 335 g/mol. The van der Waals surface area contributed by atoms with Crippen LogP contribution in [0, 0.1) is 11.2 Å². The van der Waals surface area contributed by atoms with E-state index in [2.05, 4.69) is 0 Å². The van der Waals surface area contributed by atoms with E-state index in [0.717, 1.165) is 19.0 Å². The molecule has 0 saturated carbocycles. The average Bonchev–Trinajstić information content (AvgIpc) is 2.56. The summed E-state index contributed by atoms with van der Waals surface area (Å²) in [6.07, 6.45) is 1.86. The summed E-state index contributed by atoms with van der Waals surface area (Å²) >= 11 is 6.04. The summed E-state index contributed by atoms with van der Waals surface area (Å²) in [6, 6.07) is 3.46. The van der Waals surface area contributed by atoms with E-state index in [-0.39, 0.29) is 22.5 Å². The normalized spacial score (nSPS) is 27.6. The van der Waals surface area contributed by atoms with Crippen molar-refractivity contribution in [3.63, 3.8) is 0 Å². The monoisotopic (exact) mass is 354 g/mol. The quantitative estimate of drug-likeness (QED) is 0.886. The van der Waals surface area contributed by atoms with Crippen LogP contribution in [0.5, 0.6) is 0 Å². The maximum Gasteiger partial charge on any atom is 0.311 e. The Morgan fingerprint density at radius 1 is 1.33 bits per heavy atom. The molecule has 7 heteroatoms. The van der Waals surface area contributed by atoms with Gasteiger partial charge in [0.15, 0.2) is 0 Å². The number of rotatable bonds is 2. The van der Waals surface area contributed by atoms with Crippen molar-refractivity contribution in [2.75, 3.05) is 26.7 Å². The fourth-order valence-corrected chi connectivity index (χ4v) is 4.20. The maximum atomic E-state index is 13.5. The third kappa shape index (κ3) is 2.78. The van der Waals surface area contributed by atoms with E-state index in [1.807, 2.05) is 11.9 Å². The van der Waals surface area contributed by atoms with Crippen LogP contribution in [0.3, 0.4) is 0 Å². The number of nitrogens with zero attached hydrogens (tertiary/aromatic N) is 2. The molecule has 0 aromatic heterocycles. The Balaban J connectivity index is 1.86. The van der Waals surface area contributed by atoms with Gasteiger partial charge in [0.05, 0.1) is 16.0 Å². The molecule has 1 amide bonds. The topological polar surface area (TPSA) is 60.9 Å². The van der Waals surface area contributed by atoms with Crippen molar-refractivity contribution in [1.82, 2.24) is 9.80 Å². The molecule has 0 spiro atoms. The molecule has 2 saturated heterocycles. The van der Waals surface area contributed by atoms with Crippen LogP contribution in [0.1, 0.15) is 29.6 Å². The summed E-state index contributed by atoms with van der Waals surface area (Å²) in [5, 5.41) is 9.97. The van der Waals surface area contributed by atoms with E-state index in [0.29, 0.717) is 25.9 Å². The van der Waals surface area contributed by atoms with Crippen LogP contribution in [0.2, 0.25) is 5.02 Å².